The van der Waals surface area contributed by atoms with Crippen LogP contribution >= 0.6 is 0 Å². The fourth-order valence-corrected chi connectivity index (χ4v) is 2.93. The SMILES string of the molecule is CC(C)CCCCCCNC(=O)c1cccnc1N1CCOCC1. The quantitative estimate of drug-likeness (QED) is 0.705. The van der Waals surface area contributed by atoms with E-state index >= 15 is 0 Å². The number of anilines is 1. The largest absolute Gasteiger partial charge is 0.378 e. The molecule has 1 aliphatic rings. The summed E-state index contributed by atoms with van der Waals surface area (Å²) in [6.07, 6.45) is 7.80. The zero-order valence-electron chi connectivity index (χ0n) is 15.1. The van der Waals surface area contributed by atoms with E-state index in [9.17, 15) is 4.79 Å². The predicted molar refractivity (Wildman–Crippen MR) is 97.5 cm³/mol. The first kappa shape index (κ1) is 18.7. The molecular formula is C19H31N3O2. The van der Waals surface area contributed by atoms with Gasteiger partial charge in [0.1, 0.15) is 5.82 Å². The molecule has 1 fully saturated rings. The van der Waals surface area contributed by atoms with Crippen LogP contribution in [0.2, 0.25) is 0 Å². The Labute approximate surface area is 145 Å². The van der Waals surface area contributed by atoms with Crippen LogP contribution in [-0.2, 0) is 4.74 Å². The van der Waals surface area contributed by atoms with Crippen molar-refractivity contribution in [3.05, 3.63) is 23.9 Å². The lowest BCUT2D eigenvalue weighted by molar-refractivity contribution is 0.0951. The Morgan fingerprint density at radius 3 is 2.75 bits per heavy atom. The van der Waals surface area contributed by atoms with Gasteiger partial charge < -0.3 is 15.0 Å². The van der Waals surface area contributed by atoms with E-state index in [1.807, 2.05) is 12.1 Å². The maximum atomic E-state index is 12.5. The number of amides is 1. The van der Waals surface area contributed by atoms with Crippen LogP contribution in [0.4, 0.5) is 5.82 Å². The van der Waals surface area contributed by atoms with Crippen LogP contribution < -0.4 is 10.2 Å². The smallest absolute Gasteiger partial charge is 0.255 e. The molecule has 0 radical (unpaired) electrons. The van der Waals surface area contributed by atoms with E-state index in [1.165, 1.54) is 25.7 Å². The van der Waals surface area contributed by atoms with Gasteiger partial charge in [-0.05, 0) is 24.5 Å². The summed E-state index contributed by atoms with van der Waals surface area (Å²) in [6, 6.07) is 3.68. The summed E-state index contributed by atoms with van der Waals surface area (Å²) >= 11 is 0. The van der Waals surface area contributed by atoms with Gasteiger partial charge in [-0.15, -0.1) is 0 Å². The Kier molecular flexibility index (Phi) is 8.02. The predicted octanol–water partition coefficient (Wildman–Crippen LogP) is 3.25. The highest BCUT2D eigenvalue weighted by Crippen LogP contribution is 2.18. The standard InChI is InChI=1S/C19H31N3O2/c1-16(2)8-5-3-4-6-10-21-19(23)17-9-7-11-20-18(17)22-12-14-24-15-13-22/h7,9,11,16H,3-6,8,10,12-15H2,1-2H3,(H,21,23). The van der Waals surface area contributed by atoms with Crippen molar-refractivity contribution in [1.82, 2.24) is 10.3 Å². The lowest BCUT2D eigenvalue weighted by Gasteiger charge is -2.29. The van der Waals surface area contributed by atoms with Crippen molar-refractivity contribution in [2.75, 3.05) is 37.7 Å². The maximum Gasteiger partial charge on any atom is 0.255 e. The average molecular weight is 333 g/mol. The third-order valence-corrected chi connectivity index (χ3v) is 4.34. The zero-order chi connectivity index (χ0) is 17.2. The molecule has 5 nitrogen and oxygen atoms in total. The average Bonchev–Trinajstić information content (AvgIpc) is 2.61. The monoisotopic (exact) mass is 333 g/mol. The summed E-state index contributed by atoms with van der Waals surface area (Å²) in [6.45, 7) is 8.21. The first-order chi connectivity index (χ1) is 11.7. The van der Waals surface area contributed by atoms with Crippen LogP contribution in [-0.4, -0.2) is 43.7 Å². The molecule has 1 N–H and O–H groups in total. The fraction of sp³-hybridized carbons (Fsp3) is 0.684. The molecule has 1 amide bonds. The highest BCUT2D eigenvalue weighted by atomic mass is 16.5. The summed E-state index contributed by atoms with van der Waals surface area (Å²) in [5, 5.41) is 3.04. The van der Waals surface area contributed by atoms with Crippen molar-refractivity contribution in [2.24, 2.45) is 5.92 Å². The van der Waals surface area contributed by atoms with Gasteiger partial charge in [-0.3, -0.25) is 4.79 Å². The first-order valence-electron chi connectivity index (χ1n) is 9.24. The van der Waals surface area contributed by atoms with Gasteiger partial charge in [-0.2, -0.15) is 0 Å². The number of pyridine rings is 1. The second-order valence-electron chi connectivity index (χ2n) is 6.83. The lowest BCUT2D eigenvalue weighted by Crippen LogP contribution is -2.38. The number of hydrogen-bond acceptors (Lipinski definition) is 4. The van der Waals surface area contributed by atoms with E-state index in [0.717, 1.165) is 37.8 Å². The summed E-state index contributed by atoms with van der Waals surface area (Å²) in [5.41, 5.74) is 0.666. The number of carbonyl (C=O) groups excluding carboxylic acids is 1. The van der Waals surface area contributed by atoms with Gasteiger partial charge in [-0.1, -0.05) is 39.5 Å². The minimum atomic E-state index is -0.0215. The maximum absolute atomic E-state index is 12.5. The summed E-state index contributed by atoms with van der Waals surface area (Å²) < 4.78 is 5.38. The highest BCUT2D eigenvalue weighted by Gasteiger charge is 2.19. The number of rotatable bonds is 9. The molecule has 0 aliphatic carbocycles. The van der Waals surface area contributed by atoms with Crippen molar-refractivity contribution in [3.8, 4) is 0 Å². The molecule has 1 aromatic heterocycles. The van der Waals surface area contributed by atoms with Gasteiger partial charge in [0.2, 0.25) is 0 Å². The molecule has 1 saturated heterocycles. The lowest BCUT2D eigenvalue weighted by atomic mass is 10.0. The van der Waals surface area contributed by atoms with Gasteiger partial charge in [0.25, 0.3) is 5.91 Å². The van der Waals surface area contributed by atoms with Crippen LogP contribution in [0.25, 0.3) is 0 Å². The topological polar surface area (TPSA) is 54.5 Å². The molecule has 1 aromatic rings. The molecular weight excluding hydrogens is 302 g/mol. The Morgan fingerprint density at radius 2 is 2.00 bits per heavy atom. The molecule has 0 unspecified atom stereocenters. The van der Waals surface area contributed by atoms with Gasteiger partial charge in [0.05, 0.1) is 18.8 Å². The Morgan fingerprint density at radius 1 is 1.25 bits per heavy atom. The number of carbonyl (C=O) groups is 1. The third kappa shape index (κ3) is 6.11. The van der Waals surface area contributed by atoms with Crippen LogP contribution in [0.3, 0.4) is 0 Å². The van der Waals surface area contributed by atoms with Crippen molar-refractivity contribution < 1.29 is 9.53 Å². The Bertz CT molecular complexity index is 499. The second kappa shape index (κ2) is 10.3. The van der Waals surface area contributed by atoms with E-state index < -0.39 is 0 Å². The van der Waals surface area contributed by atoms with Crippen LogP contribution in [0.1, 0.15) is 56.3 Å². The molecule has 2 rings (SSSR count). The number of morpholine rings is 1. The van der Waals surface area contributed by atoms with Gasteiger partial charge in [0, 0.05) is 25.8 Å². The van der Waals surface area contributed by atoms with Crippen LogP contribution in [0, 0.1) is 5.92 Å². The minimum Gasteiger partial charge on any atom is -0.378 e. The summed E-state index contributed by atoms with van der Waals surface area (Å²) in [5.74, 6) is 1.54. The third-order valence-electron chi connectivity index (χ3n) is 4.34. The normalized spacial score (nSPS) is 14.9. The van der Waals surface area contributed by atoms with E-state index in [0.29, 0.717) is 18.8 Å². The van der Waals surface area contributed by atoms with Crippen molar-refractivity contribution in [2.45, 2.75) is 46.0 Å². The number of ether oxygens (including phenoxy) is 1. The number of unbranched alkanes of at least 4 members (excludes halogenated alkanes) is 3. The van der Waals surface area contributed by atoms with Gasteiger partial charge >= 0.3 is 0 Å². The molecule has 0 saturated carbocycles. The molecule has 0 spiro atoms. The Balaban J connectivity index is 1.76. The van der Waals surface area contributed by atoms with E-state index in [4.69, 9.17) is 4.74 Å². The van der Waals surface area contributed by atoms with Crippen LogP contribution in [0.5, 0.6) is 0 Å². The van der Waals surface area contributed by atoms with Gasteiger partial charge in [-0.25, -0.2) is 4.98 Å². The second-order valence-corrected chi connectivity index (χ2v) is 6.83. The summed E-state index contributed by atoms with van der Waals surface area (Å²) in [7, 11) is 0. The molecule has 5 heteroatoms. The molecule has 24 heavy (non-hydrogen) atoms. The van der Waals surface area contributed by atoms with Crippen LogP contribution in [0.15, 0.2) is 18.3 Å². The van der Waals surface area contributed by atoms with Gasteiger partial charge in [0.15, 0.2) is 0 Å². The Hall–Kier alpha value is -1.62. The molecule has 1 aliphatic heterocycles. The summed E-state index contributed by atoms with van der Waals surface area (Å²) in [4.78, 5) is 19.0. The molecule has 0 bridgehead atoms. The highest BCUT2D eigenvalue weighted by molar-refractivity contribution is 5.98. The van der Waals surface area contributed by atoms with Crippen molar-refractivity contribution in [3.63, 3.8) is 0 Å². The van der Waals surface area contributed by atoms with Crippen molar-refractivity contribution >= 4 is 11.7 Å². The number of aromatic nitrogens is 1. The molecule has 0 aromatic carbocycles. The molecule has 2 heterocycles. The molecule has 134 valence electrons. The van der Waals surface area contributed by atoms with E-state index in [-0.39, 0.29) is 5.91 Å². The zero-order valence-corrected chi connectivity index (χ0v) is 15.1. The van der Waals surface area contributed by atoms with E-state index in [1.54, 1.807) is 6.20 Å². The number of hydrogen-bond donors (Lipinski definition) is 1. The number of nitrogens with one attached hydrogen (secondary N) is 1. The van der Waals surface area contributed by atoms with E-state index in [2.05, 4.69) is 29.0 Å². The fourth-order valence-electron chi connectivity index (χ4n) is 2.93. The number of nitrogens with zero attached hydrogens (tertiary/aromatic N) is 2. The first-order valence-corrected chi connectivity index (χ1v) is 9.24. The minimum absolute atomic E-state index is 0.0215. The molecule has 0 atom stereocenters. The van der Waals surface area contributed by atoms with Crippen molar-refractivity contribution in [1.29, 1.82) is 0 Å².